The first-order valence-electron chi connectivity index (χ1n) is 12.0. The Morgan fingerprint density at radius 3 is 2.83 bits per heavy atom. The molecule has 2 amide bonds. The lowest BCUT2D eigenvalue weighted by molar-refractivity contribution is -0.126. The number of carbonyl (C=O) groups excluding carboxylic acids is 2. The highest BCUT2D eigenvalue weighted by Gasteiger charge is 2.32. The first kappa shape index (κ1) is 24.5. The Morgan fingerprint density at radius 2 is 2.09 bits per heavy atom. The summed E-state index contributed by atoms with van der Waals surface area (Å²) in [5.41, 5.74) is 1.78. The van der Waals surface area contributed by atoms with Crippen molar-refractivity contribution in [2.75, 3.05) is 27.3 Å². The number of carbonyl (C=O) groups is 2. The number of hydrogen-bond acceptors (Lipinski definition) is 7. The Bertz CT molecular complexity index is 1090. The van der Waals surface area contributed by atoms with Gasteiger partial charge in [-0.05, 0) is 62.3 Å². The van der Waals surface area contributed by atoms with E-state index >= 15 is 0 Å². The molecular formula is C26H32N4O5. The molecule has 1 fully saturated rings. The van der Waals surface area contributed by atoms with Crippen molar-refractivity contribution in [2.24, 2.45) is 5.92 Å². The van der Waals surface area contributed by atoms with E-state index in [2.05, 4.69) is 27.6 Å². The van der Waals surface area contributed by atoms with Crippen LogP contribution in [0.3, 0.4) is 0 Å². The third kappa shape index (κ3) is 5.90. The van der Waals surface area contributed by atoms with E-state index in [0.29, 0.717) is 49.0 Å². The maximum Gasteiger partial charge on any atom is 0.230 e. The largest absolute Gasteiger partial charge is 0.493 e. The van der Waals surface area contributed by atoms with Gasteiger partial charge in [0, 0.05) is 36.7 Å². The standard InChI is InChI=1S/C26H32N4O5/c1-33-22-11-10-20(15-23(22)34-2)25-28-26(35-29-25)19(12-13-27-17-31)9-8-18-14-24(32)30(16-18)21-6-4-3-5-7-21/h4,6-7,10-11,15,17-19H,3,5,8-9,12-14,16H2,1-2H3,(H,27,31). The van der Waals surface area contributed by atoms with E-state index in [4.69, 9.17) is 14.0 Å². The van der Waals surface area contributed by atoms with Crippen LogP contribution in [0, 0.1) is 5.92 Å². The van der Waals surface area contributed by atoms with Crippen LogP contribution in [0.25, 0.3) is 11.4 Å². The van der Waals surface area contributed by atoms with Crippen LogP contribution in [-0.4, -0.2) is 54.7 Å². The normalized spacial score (nSPS) is 18.3. The van der Waals surface area contributed by atoms with E-state index in [1.807, 2.05) is 23.1 Å². The van der Waals surface area contributed by atoms with Gasteiger partial charge in [-0.15, -0.1) is 0 Å². The molecular weight excluding hydrogens is 448 g/mol. The number of likely N-dealkylation sites (tertiary alicyclic amines) is 1. The molecule has 0 spiro atoms. The van der Waals surface area contributed by atoms with Gasteiger partial charge in [0.05, 0.1) is 14.2 Å². The number of nitrogens with zero attached hydrogens (tertiary/aromatic N) is 3. The molecule has 9 heteroatoms. The monoisotopic (exact) mass is 480 g/mol. The summed E-state index contributed by atoms with van der Waals surface area (Å²) in [4.78, 5) is 29.9. The van der Waals surface area contributed by atoms with Crippen LogP contribution >= 0.6 is 0 Å². The number of hydrogen-bond donors (Lipinski definition) is 1. The Hall–Kier alpha value is -3.62. The average Bonchev–Trinajstić information content (AvgIpc) is 3.53. The molecule has 186 valence electrons. The number of benzene rings is 1. The van der Waals surface area contributed by atoms with E-state index in [1.54, 1.807) is 20.3 Å². The van der Waals surface area contributed by atoms with Crippen molar-refractivity contribution in [1.29, 1.82) is 0 Å². The van der Waals surface area contributed by atoms with E-state index in [0.717, 1.165) is 43.5 Å². The lowest BCUT2D eigenvalue weighted by Gasteiger charge is -2.20. The van der Waals surface area contributed by atoms with Crippen LogP contribution in [0.4, 0.5) is 0 Å². The number of nitrogens with one attached hydrogen (secondary N) is 1. The SMILES string of the molecule is COc1ccc(-c2noc(C(CCNC=O)CCC3CC(=O)N(C4=CCCC=C4)C3)n2)cc1OC. The molecule has 0 radical (unpaired) electrons. The fourth-order valence-electron chi connectivity index (χ4n) is 4.66. The number of allylic oxidation sites excluding steroid dienone is 3. The van der Waals surface area contributed by atoms with Crippen molar-refractivity contribution < 1.29 is 23.6 Å². The van der Waals surface area contributed by atoms with Crippen molar-refractivity contribution in [3.05, 3.63) is 48.0 Å². The average molecular weight is 481 g/mol. The molecule has 1 saturated heterocycles. The molecule has 2 heterocycles. The third-order valence-electron chi connectivity index (χ3n) is 6.57. The fraction of sp³-hybridized carbons (Fsp3) is 0.462. The van der Waals surface area contributed by atoms with Crippen molar-refractivity contribution in [1.82, 2.24) is 20.4 Å². The fourth-order valence-corrected chi connectivity index (χ4v) is 4.66. The predicted molar refractivity (Wildman–Crippen MR) is 130 cm³/mol. The Kier molecular flexibility index (Phi) is 8.18. The summed E-state index contributed by atoms with van der Waals surface area (Å²) >= 11 is 0. The van der Waals surface area contributed by atoms with Gasteiger partial charge < -0.3 is 24.2 Å². The summed E-state index contributed by atoms with van der Waals surface area (Å²) in [6, 6.07) is 5.46. The molecule has 1 aliphatic carbocycles. The summed E-state index contributed by atoms with van der Waals surface area (Å²) in [5.74, 6) is 2.63. The Labute approximate surface area is 205 Å². The van der Waals surface area contributed by atoms with Crippen molar-refractivity contribution in [2.45, 2.75) is 44.4 Å². The van der Waals surface area contributed by atoms with Gasteiger partial charge in [0.2, 0.25) is 24.0 Å². The van der Waals surface area contributed by atoms with Crippen LogP contribution in [0.5, 0.6) is 11.5 Å². The van der Waals surface area contributed by atoms with Gasteiger partial charge in [0.1, 0.15) is 0 Å². The second-order valence-corrected chi connectivity index (χ2v) is 8.84. The number of aromatic nitrogens is 2. The van der Waals surface area contributed by atoms with Gasteiger partial charge in [0.15, 0.2) is 11.5 Å². The smallest absolute Gasteiger partial charge is 0.230 e. The molecule has 1 N–H and O–H groups in total. The molecule has 2 atom stereocenters. The second kappa shape index (κ2) is 11.7. The predicted octanol–water partition coefficient (Wildman–Crippen LogP) is 3.84. The Balaban J connectivity index is 1.44. The highest BCUT2D eigenvalue weighted by Crippen LogP contribution is 2.34. The minimum Gasteiger partial charge on any atom is -0.493 e. The topological polar surface area (TPSA) is 107 Å². The first-order chi connectivity index (χ1) is 17.1. The molecule has 1 aromatic heterocycles. The first-order valence-corrected chi connectivity index (χ1v) is 12.0. The number of ether oxygens (including phenoxy) is 2. The van der Waals surface area contributed by atoms with Gasteiger partial charge in [-0.1, -0.05) is 17.3 Å². The minimum absolute atomic E-state index is 0.0261. The number of amides is 2. The molecule has 0 bridgehead atoms. The summed E-state index contributed by atoms with van der Waals surface area (Å²) < 4.78 is 16.3. The zero-order valence-electron chi connectivity index (χ0n) is 20.2. The molecule has 0 saturated carbocycles. The maximum atomic E-state index is 12.6. The van der Waals surface area contributed by atoms with Gasteiger partial charge in [-0.25, -0.2) is 0 Å². The van der Waals surface area contributed by atoms with E-state index in [1.165, 1.54) is 0 Å². The highest BCUT2D eigenvalue weighted by atomic mass is 16.5. The van der Waals surface area contributed by atoms with E-state index < -0.39 is 0 Å². The summed E-state index contributed by atoms with van der Waals surface area (Å²) in [6.07, 6.45) is 11.9. The van der Waals surface area contributed by atoms with Crippen LogP contribution < -0.4 is 14.8 Å². The van der Waals surface area contributed by atoms with Crippen LogP contribution in [0.1, 0.15) is 50.3 Å². The zero-order valence-corrected chi connectivity index (χ0v) is 20.2. The molecule has 35 heavy (non-hydrogen) atoms. The summed E-state index contributed by atoms with van der Waals surface area (Å²) in [7, 11) is 3.16. The van der Waals surface area contributed by atoms with Crippen molar-refractivity contribution >= 4 is 12.3 Å². The molecule has 2 aromatic rings. The van der Waals surface area contributed by atoms with Crippen molar-refractivity contribution in [3.8, 4) is 22.9 Å². The molecule has 1 aromatic carbocycles. The highest BCUT2D eigenvalue weighted by molar-refractivity contribution is 5.81. The van der Waals surface area contributed by atoms with Gasteiger partial charge in [0.25, 0.3) is 0 Å². The van der Waals surface area contributed by atoms with Gasteiger partial charge in [-0.3, -0.25) is 9.59 Å². The quantitative estimate of drug-likeness (QED) is 0.363. The molecule has 2 unspecified atom stereocenters. The van der Waals surface area contributed by atoms with Crippen LogP contribution in [-0.2, 0) is 9.59 Å². The zero-order chi connectivity index (χ0) is 24.6. The third-order valence-corrected chi connectivity index (χ3v) is 6.57. The molecule has 1 aliphatic heterocycles. The van der Waals surface area contributed by atoms with Crippen LogP contribution in [0.15, 0.2) is 46.6 Å². The number of methoxy groups -OCH3 is 2. The van der Waals surface area contributed by atoms with E-state index in [9.17, 15) is 9.59 Å². The lowest BCUT2D eigenvalue weighted by Crippen LogP contribution is -2.24. The van der Waals surface area contributed by atoms with Crippen LogP contribution in [0.2, 0.25) is 0 Å². The summed E-state index contributed by atoms with van der Waals surface area (Å²) in [6.45, 7) is 1.24. The van der Waals surface area contributed by atoms with E-state index in [-0.39, 0.29) is 17.7 Å². The summed E-state index contributed by atoms with van der Waals surface area (Å²) in [5, 5.41) is 6.90. The van der Waals surface area contributed by atoms with Gasteiger partial charge in [-0.2, -0.15) is 4.98 Å². The second-order valence-electron chi connectivity index (χ2n) is 8.84. The molecule has 9 nitrogen and oxygen atoms in total. The molecule has 2 aliphatic rings. The Morgan fingerprint density at radius 1 is 1.23 bits per heavy atom. The maximum absolute atomic E-state index is 12.6. The molecule has 4 rings (SSSR count). The van der Waals surface area contributed by atoms with Gasteiger partial charge >= 0.3 is 0 Å². The minimum atomic E-state index is -0.0261. The lowest BCUT2D eigenvalue weighted by atomic mass is 9.92. The number of rotatable bonds is 12. The van der Waals surface area contributed by atoms with Crippen molar-refractivity contribution in [3.63, 3.8) is 0 Å².